The average molecular weight is 240 g/mol. The Kier molecular flexibility index (Phi) is 2.69. The molecule has 5 heteroatoms. The van der Waals surface area contributed by atoms with Crippen LogP contribution in [0.5, 0.6) is 0 Å². The first-order valence-corrected chi connectivity index (χ1v) is 5.17. The average Bonchev–Trinajstić information content (AvgIpc) is 2.69. The summed E-state index contributed by atoms with van der Waals surface area (Å²) < 4.78 is 39.4. The zero-order valence-electron chi connectivity index (χ0n) is 9.25. The van der Waals surface area contributed by atoms with Crippen molar-refractivity contribution in [3.63, 3.8) is 0 Å². The molecule has 0 saturated heterocycles. The van der Waals surface area contributed by atoms with Gasteiger partial charge in [0.05, 0.1) is 11.3 Å². The standard InChI is InChI=1S/C12H11F3N2/c1-3-8-5-9(12(13,14)15)6-17-7-10(4-2)16-11(8)17/h4-7H,2-3H2,1H3. The number of pyridine rings is 1. The minimum atomic E-state index is -4.34. The maximum atomic E-state index is 12.7. The Morgan fingerprint density at radius 1 is 1.41 bits per heavy atom. The molecule has 0 aliphatic rings. The van der Waals surface area contributed by atoms with Crippen molar-refractivity contribution in [1.29, 1.82) is 0 Å². The number of rotatable bonds is 2. The van der Waals surface area contributed by atoms with Gasteiger partial charge < -0.3 is 4.40 Å². The molecule has 0 unspecified atom stereocenters. The first kappa shape index (κ1) is 11.7. The fourth-order valence-electron chi connectivity index (χ4n) is 1.70. The van der Waals surface area contributed by atoms with Crippen molar-refractivity contribution in [2.45, 2.75) is 19.5 Å². The molecule has 0 N–H and O–H groups in total. The van der Waals surface area contributed by atoms with Gasteiger partial charge in [-0.25, -0.2) is 4.98 Å². The second kappa shape index (κ2) is 3.91. The molecule has 2 heterocycles. The summed E-state index contributed by atoms with van der Waals surface area (Å²) in [5, 5.41) is 0. The van der Waals surface area contributed by atoms with E-state index in [0.717, 1.165) is 12.3 Å². The van der Waals surface area contributed by atoms with Gasteiger partial charge in [-0.15, -0.1) is 0 Å². The van der Waals surface area contributed by atoms with Crippen molar-refractivity contribution in [3.8, 4) is 0 Å². The number of hydrogen-bond acceptors (Lipinski definition) is 1. The van der Waals surface area contributed by atoms with E-state index < -0.39 is 11.7 Å². The zero-order valence-corrected chi connectivity index (χ0v) is 9.25. The van der Waals surface area contributed by atoms with Gasteiger partial charge in [0, 0.05) is 12.4 Å². The molecule has 0 saturated carbocycles. The van der Waals surface area contributed by atoms with Crippen molar-refractivity contribution in [2.75, 3.05) is 0 Å². The summed E-state index contributed by atoms with van der Waals surface area (Å²) in [6.45, 7) is 5.36. The minimum Gasteiger partial charge on any atom is -0.306 e. The van der Waals surface area contributed by atoms with Crippen molar-refractivity contribution in [2.24, 2.45) is 0 Å². The maximum Gasteiger partial charge on any atom is 0.417 e. The maximum absolute atomic E-state index is 12.7. The highest BCUT2D eigenvalue weighted by Gasteiger charge is 2.31. The van der Waals surface area contributed by atoms with Crippen molar-refractivity contribution in [3.05, 3.63) is 41.9 Å². The van der Waals surface area contributed by atoms with E-state index in [-0.39, 0.29) is 0 Å². The normalized spacial score (nSPS) is 12.0. The number of alkyl halides is 3. The zero-order chi connectivity index (χ0) is 12.6. The quantitative estimate of drug-likeness (QED) is 0.784. The highest BCUT2D eigenvalue weighted by atomic mass is 19.4. The van der Waals surface area contributed by atoms with Crippen LogP contribution in [0.3, 0.4) is 0 Å². The summed E-state index contributed by atoms with van der Waals surface area (Å²) in [5.74, 6) is 0. The van der Waals surface area contributed by atoms with Gasteiger partial charge in [-0.1, -0.05) is 13.5 Å². The van der Waals surface area contributed by atoms with Crippen LogP contribution >= 0.6 is 0 Å². The predicted octanol–water partition coefficient (Wildman–Crippen LogP) is 3.56. The Bertz CT molecular complexity index is 567. The number of fused-ring (bicyclic) bond motifs is 1. The van der Waals surface area contributed by atoms with Gasteiger partial charge >= 0.3 is 6.18 Å². The lowest BCUT2D eigenvalue weighted by Gasteiger charge is -2.09. The van der Waals surface area contributed by atoms with E-state index in [1.807, 2.05) is 0 Å². The van der Waals surface area contributed by atoms with Crippen LogP contribution in [0.25, 0.3) is 11.7 Å². The number of aryl methyl sites for hydroxylation is 1. The van der Waals surface area contributed by atoms with Crippen LogP contribution in [-0.4, -0.2) is 9.38 Å². The van der Waals surface area contributed by atoms with E-state index >= 15 is 0 Å². The fourth-order valence-corrected chi connectivity index (χ4v) is 1.70. The molecule has 2 aromatic heterocycles. The van der Waals surface area contributed by atoms with E-state index in [9.17, 15) is 13.2 Å². The van der Waals surface area contributed by atoms with Crippen LogP contribution in [0.1, 0.15) is 23.7 Å². The molecule has 2 nitrogen and oxygen atoms in total. The molecule has 2 aromatic rings. The molecular formula is C12H11F3N2. The van der Waals surface area contributed by atoms with Crippen LogP contribution in [-0.2, 0) is 12.6 Å². The predicted molar refractivity (Wildman–Crippen MR) is 59.7 cm³/mol. The van der Waals surface area contributed by atoms with Gasteiger partial charge in [0.25, 0.3) is 0 Å². The summed E-state index contributed by atoms with van der Waals surface area (Å²) >= 11 is 0. The largest absolute Gasteiger partial charge is 0.417 e. The third-order valence-corrected chi connectivity index (χ3v) is 2.56. The van der Waals surface area contributed by atoms with Crippen LogP contribution in [0.2, 0.25) is 0 Å². The van der Waals surface area contributed by atoms with Gasteiger partial charge in [0.2, 0.25) is 0 Å². The number of imidazole rings is 1. The SMILES string of the molecule is C=Cc1cn2cc(C(F)(F)F)cc(CC)c2n1. The lowest BCUT2D eigenvalue weighted by atomic mass is 10.1. The second-order valence-electron chi connectivity index (χ2n) is 3.71. The van der Waals surface area contributed by atoms with E-state index in [1.54, 1.807) is 6.92 Å². The Hall–Kier alpha value is -1.78. The lowest BCUT2D eigenvalue weighted by molar-refractivity contribution is -0.137. The monoisotopic (exact) mass is 240 g/mol. The van der Waals surface area contributed by atoms with Gasteiger partial charge in [-0.05, 0) is 24.1 Å². The highest BCUT2D eigenvalue weighted by Crippen LogP contribution is 2.30. The number of aromatic nitrogens is 2. The van der Waals surface area contributed by atoms with Gasteiger partial charge in [-0.3, -0.25) is 0 Å². The van der Waals surface area contributed by atoms with Crippen molar-refractivity contribution < 1.29 is 13.2 Å². The molecule has 0 spiro atoms. The molecule has 0 radical (unpaired) electrons. The van der Waals surface area contributed by atoms with Crippen LogP contribution in [0.15, 0.2) is 25.0 Å². The molecule has 2 rings (SSSR count). The van der Waals surface area contributed by atoms with Crippen LogP contribution in [0.4, 0.5) is 13.2 Å². The highest BCUT2D eigenvalue weighted by molar-refractivity contribution is 5.55. The summed E-state index contributed by atoms with van der Waals surface area (Å²) in [6.07, 6.45) is 0.267. The molecule has 0 aliphatic heterocycles. The Labute approximate surface area is 96.4 Å². The molecule has 0 atom stereocenters. The van der Waals surface area contributed by atoms with E-state index in [2.05, 4.69) is 11.6 Å². The number of nitrogens with zero attached hydrogens (tertiary/aromatic N) is 2. The Morgan fingerprint density at radius 3 is 2.65 bits per heavy atom. The molecule has 0 amide bonds. The van der Waals surface area contributed by atoms with Crippen molar-refractivity contribution >= 4 is 11.7 Å². The number of halogens is 3. The van der Waals surface area contributed by atoms with Gasteiger partial charge in [0.15, 0.2) is 0 Å². The molecule has 0 bridgehead atoms. The Morgan fingerprint density at radius 2 is 2.12 bits per heavy atom. The van der Waals surface area contributed by atoms with Crippen LogP contribution < -0.4 is 0 Å². The Balaban J connectivity index is 2.72. The van der Waals surface area contributed by atoms with Gasteiger partial charge in [0.1, 0.15) is 5.65 Å². The van der Waals surface area contributed by atoms with Crippen molar-refractivity contribution in [1.82, 2.24) is 9.38 Å². The third kappa shape index (κ3) is 2.05. The summed E-state index contributed by atoms with van der Waals surface area (Å²) in [4.78, 5) is 4.20. The van der Waals surface area contributed by atoms with Crippen LogP contribution in [0, 0.1) is 0 Å². The van der Waals surface area contributed by atoms with Gasteiger partial charge in [-0.2, -0.15) is 13.2 Å². The first-order valence-electron chi connectivity index (χ1n) is 5.17. The molecular weight excluding hydrogens is 229 g/mol. The molecule has 90 valence electrons. The molecule has 17 heavy (non-hydrogen) atoms. The lowest BCUT2D eigenvalue weighted by Crippen LogP contribution is -2.07. The second-order valence-corrected chi connectivity index (χ2v) is 3.71. The fraction of sp³-hybridized carbons (Fsp3) is 0.250. The summed E-state index contributed by atoms with van der Waals surface area (Å²) in [6, 6.07) is 1.15. The first-order chi connectivity index (χ1) is 7.95. The summed E-state index contributed by atoms with van der Waals surface area (Å²) in [7, 11) is 0. The molecule has 0 aromatic carbocycles. The molecule has 0 aliphatic carbocycles. The minimum absolute atomic E-state index is 0.501. The molecule has 0 fully saturated rings. The smallest absolute Gasteiger partial charge is 0.306 e. The van der Waals surface area contributed by atoms with E-state index in [4.69, 9.17) is 0 Å². The summed E-state index contributed by atoms with van der Waals surface area (Å²) in [5.41, 5.74) is 1.04. The third-order valence-electron chi connectivity index (χ3n) is 2.56. The topological polar surface area (TPSA) is 17.3 Å². The number of hydrogen-bond donors (Lipinski definition) is 0. The van der Waals surface area contributed by atoms with E-state index in [0.29, 0.717) is 23.3 Å². The van der Waals surface area contributed by atoms with E-state index in [1.165, 1.54) is 16.7 Å².